The van der Waals surface area contributed by atoms with Gasteiger partial charge in [0.05, 0.1) is 18.6 Å². The molecule has 2 rings (SSSR count). The third kappa shape index (κ3) is 1.97. The smallest absolute Gasteiger partial charge is 0.411 e. The molecule has 17 heavy (non-hydrogen) atoms. The number of likely N-dealkylation sites (tertiary alicyclic amines) is 1. The number of carboxylic acid groups (broad SMARTS) is 1. The van der Waals surface area contributed by atoms with Crippen LogP contribution in [0.3, 0.4) is 0 Å². The number of nitrogens with zero attached hydrogens (tertiary/aromatic N) is 1. The van der Waals surface area contributed by atoms with Gasteiger partial charge in [0.15, 0.2) is 0 Å². The molecule has 1 unspecified atom stereocenters. The third-order valence-electron chi connectivity index (χ3n) is 3.02. The van der Waals surface area contributed by atoms with E-state index < -0.39 is 23.7 Å². The van der Waals surface area contributed by atoms with E-state index in [0.29, 0.717) is 19.8 Å². The summed E-state index contributed by atoms with van der Waals surface area (Å²) in [4.78, 5) is 24.2. The van der Waals surface area contributed by atoms with E-state index in [9.17, 15) is 9.59 Å². The van der Waals surface area contributed by atoms with Gasteiger partial charge in [-0.25, -0.2) is 9.59 Å². The van der Waals surface area contributed by atoms with Gasteiger partial charge in [0.25, 0.3) is 0 Å². The first-order valence-electron chi connectivity index (χ1n) is 5.55. The zero-order chi connectivity index (χ0) is 12.8. The highest BCUT2D eigenvalue weighted by atomic mass is 16.6. The minimum atomic E-state index is -0.995. The first kappa shape index (κ1) is 12.2. The molecule has 1 spiro atoms. The molecule has 0 saturated carbocycles. The minimum absolute atomic E-state index is 0.386. The summed E-state index contributed by atoms with van der Waals surface area (Å²) in [6, 6.07) is -0.814. The van der Waals surface area contributed by atoms with Gasteiger partial charge in [-0.05, 0) is 20.8 Å². The van der Waals surface area contributed by atoms with E-state index in [1.807, 2.05) is 0 Å². The maximum atomic E-state index is 11.8. The zero-order valence-corrected chi connectivity index (χ0v) is 10.2. The van der Waals surface area contributed by atoms with Crippen molar-refractivity contribution in [1.82, 2.24) is 4.90 Å². The summed E-state index contributed by atoms with van der Waals surface area (Å²) in [5, 5.41) is 9.15. The molecule has 0 aromatic heterocycles. The van der Waals surface area contributed by atoms with Gasteiger partial charge in [-0.3, -0.25) is 4.90 Å². The number of ether oxygens (including phenoxy) is 2. The second-order valence-corrected chi connectivity index (χ2v) is 5.70. The summed E-state index contributed by atoms with van der Waals surface area (Å²) in [6.07, 6.45) is -0.567. The van der Waals surface area contributed by atoms with E-state index in [-0.39, 0.29) is 5.41 Å². The first-order valence-corrected chi connectivity index (χ1v) is 5.55. The Bertz CT molecular complexity index is 355. The molecular weight excluding hydrogens is 226 g/mol. The Morgan fingerprint density at radius 3 is 2.35 bits per heavy atom. The van der Waals surface area contributed by atoms with E-state index in [1.165, 1.54) is 4.90 Å². The summed E-state index contributed by atoms with van der Waals surface area (Å²) < 4.78 is 10.2. The van der Waals surface area contributed by atoms with Crippen molar-refractivity contribution < 1.29 is 24.2 Å². The third-order valence-corrected chi connectivity index (χ3v) is 3.02. The molecule has 0 aliphatic carbocycles. The Hall–Kier alpha value is -1.30. The van der Waals surface area contributed by atoms with Crippen molar-refractivity contribution in [3.63, 3.8) is 0 Å². The number of hydrogen-bond acceptors (Lipinski definition) is 4. The number of carbonyl (C=O) groups excluding carboxylic acids is 1. The molecule has 2 fully saturated rings. The van der Waals surface area contributed by atoms with E-state index in [1.54, 1.807) is 20.8 Å². The molecule has 1 atom stereocenters. The van der Waals surface area contributed by atoms with Crippen LogP contribution in [0.2, 0.25) is 0 Å². The van der Waals surface area contributed by atoms with Crippen LogP contribution in [-0.2, 0) is 14.3 Å². The van der Waals surface area contributed by atoms with E-state index >= 15 is 0 Å². The van der Waals surface area contributed by atoms with Crippen LogP contribution in [0.1, 0.15) is 20.8 Å². The topological polar surface area (TPSA) is 76.1 Å². The maximum Gasteiger partial charge on any atom is 0.411 e. The van der Waals surface area contributed by atoms with Crippen LogP contribution in [0.15, 0.2) is 0 Å². The molecule has 2 aliphatic heterocycles. The summed E-state index contributed by atoms with van der Waals surface area (Å²) in [6.45, 7) is 6.47. The lowest BCUT2D eigenvalue weighted by molar-refractivity contribution is -0.225. The van der Waals surface area contributed by atoms with Crippen LogP contribution in [-0.4, -0.2) is 53.5 Å². The quantitative estimate of drug-likeness (QED) is 0.734. The number of rotatable bonds is 1. The molecule has 6 nitrogen and oxygen atoms in total. The fraction of sp³-hybridized carbons (Fsp3) is 0.818. The van der Waals surface area contributed by atoms with Gasteiger partial charge in [0.2, 0.25) is 0 Å². The summed E-state index contributed by atoms with van der Waals surface area (Å²) in [5.41, 5.74) is -0.998. The second-order valence-electron chi connectivity index (χ2n) is 5.70. The molecular formula is C11H17NO5. The van der Waals surface area contributed by atoms with Gasteiger partial charge in [-0.15, -0.1) is 0 Å². The van der Waals surface area contributed by atoms with Gasteiger partial charge in [-0.1, -0.05) is 0 Å². The molecule has 2 saturated heterocycles. The van der Waals surface area contributed by atoms with Crippen LogP contribution in [0.25, 0.3) is 0 Å². The molecule has 6 heteroatoms. The fourth-order valence-electron chi connectivity index (χ4n) is 2.23. The van der Waals surface area contributed by atoms with Crippen molar-refractivity contribution in [1.29, 1.82) is 0 Å². The Morgan fingerprint density at radius 1 is 1.41 bits per heavy atom. The van der Waals surface area contributed by atoms with E-state index in [4.69, 9.17) is 14.6 Å². The molecule has 0 aromatic rings. The lowest BCUT2D eigenvalue weighted by Crippen LogP contribution is -2.76. The SMILES string of the molecule is CC(C)(C)OC(=O)N1CC2(COC2)C1C(=O)O. The standard InChI is InChI=1S/C11H17NO5/c1-10(2,3)17-9(15)12-4-11(5-16-6-11)7(12)8(13)14/h7H,4-6H2,1-3H3,(H,13,14). The van der Waals surface area contributed by atoms with Gasteiger partial charge in [0.1, 0.15) is 11.6 Å². The van der Waals surface area contributed by atoms with Gasteiger partial charge in [-0.2, -0.15) is 0 Å². The van der Waals surface area contributed by atoms with Gasteiger partial charge < -0.3 is 14.6 Å². The number of aliphatic carboxylic acids is 1. The van der Waals surface area contributed by atoms with Crippen LogP contribution in [0.4, 0.5) is 4.79 Å². The number of carboxylic acids is 1. The Labute approximate surface area is 99.5 Å². The van der Waals surface area contributed by atoms with Crippen molar-refractivity contribution in [3.8, 4) is 0 Å². The predicted molar refractivity (Wildman–Crippen MR) is 57.6 cm³/mol. The fourth-order valence-corrected chi connectivity index (χ4v) is 2.23. The highest BCUT2D eigenvalue weighted by Crippen LogP contribution is 2.44. The van der Waals surface area contributed by atoms with Gasteiger partial charge in [0, 0.05) is 6.54 Å². The normalized spacial score (nSPS) is 26.1. The monoisotopic (exact) mass is 243 g/mol. The van der Waals surface area contributed by atoms with E-state index in [0.717, 1.165) is 0 Å². The van der Waals surface area contributed by atoms with Crippen LogP contribution < -0.4 is 0 Å². The Balaban J connectivity index is 2.03. The van der Waals surface area contributed by atoms with Crippen molar-refractivity contribution in [2.45, 2.75) is 32.4 Å². The number of amides is 1. The molecule has 0 aromatic carbocycles. The predicted octanol–water partition coefficient (Wildman–Crippen LogP) is 0.707. The number of hydrogen-bond donors (Lipinski definition) is 1. The Kier molecular flexibility index (Phi) is 2.57. The zero-order valence-electron chi connectivity index (χ0n) is 10.2. The molecule has 1 amide bonds. The van der Waals surface area contributed by atoms with Crippen LogP contribution in [0, 0.1) is 5.41 Å². The molecule has 2 aliphatic rings. The van der Waals surface area contributed by atoms with Gasteiger partial charge >= 0.3 is 12.1 Å². The van der Waals surface area contributed by atoms with Crippen molar-refractivity contribution in [2.24, 2.45) is 5.41 Å². The van der Waals surface area contributed by atoms with Crippen molar-refractivity contribution >= 4 is 12.1 Å². The maximum absolute atomic E-state index is 11.8. The average molecular weight is 243 g/mol. The highest BCUT2D eigenvalue weighted by Gasteiger charge is 2.63. The average Bonchev–Trinajstić information content (AvgIpc) is 1.92. The summed E-state index contributed by atoms with van der Waals surface area (Å²) in [7, 11) is 0. The summed E-state index contributed by atoms with van der Waals surface area (Å²) >= 11 is 0. The van der Waals surface area contributed by atoms with Crippen LogP contribution >= 0.6 is 0 Å². The number of carbonyl (C=O) groups is 2. The second kappa shape index (κ2) is 3.60. The van der Waals surface area contributed by atoms with Crippen molar-refractivity contribution in [2.75, 3.05) is 19.8 Å². The van der Waals surface area contributed by atoms with Crippen LogP contribution in [0.5, 0.6) is 0 Å². The van der Waals surface area contributed by atoms with E-state index in [2.05, 4.69) is 0 Å². The minimum Gasteiger partial charge on any atom is -0.480 e. The molecule has 96 valence electrons. The first-order chi connectivity index (χ1) is 7.75. The highest BCUT2D eigenvalue weighted by molar-refractivity contribution is 5.83. The lowest BCUT2D eigenvalue weighted by Gasteiger charge is -2.58. The molecule has 2 heterocycles. The molecule has 1 N–H and O–H groups in total. The lowest BCUT2D eigenvalue weighted by atomic mass is 9.70. The Morgan fingerprint density at radius 2 is 2.00 bits per heavy atom. The van der Waals surface area contributed by atoms with Crippen molar-refractivity contribution in [3.05, 3.63) is 0 Å². The molecule has 0 radical (unpaired) electrons. The molecule has 0 bridgehead atoms. The largest absolute Gasteiger partial charge is 0.480 e. The summed E-state index contributed by atoms with van der Waals surface area (Å²) in [5.74, 6) is -0.995.